The monoisotopic (exact) mass is 402 g/mol. The molecule has 0 unspecified atom stereocenters. The van der Waals surface area contributed by atoms with Gasteiger partial charge in [0.25, 0.3) is 0 Å². The molecular formula is C18H22N6O5. The van der Waals surface area contributed by atoms with Crippen LogP contribution in [0.25, 0.3) is 0 Å². The average molecular weight is 402 g/mol. The number of anilines is 3. The second kappa shape index (κ2) is 10.4. The van der Waals surface area contributed by atoms with Crippen LogP contribution in [0.5, 0.6) is 0 Å². The molecule has 0 bridgehead atoms. The highest BCUT2D eigenvalue weighted by Gasteiger charge is 2.22. The highest BCUT2D eigenvalue weighted by molar-refractivity contribution is 5.90. The minimum absolute atomic E-state index is 0.0131. The summed E-state index contributed by atoms with van der Waals surface area (Å²) >= 11 is 0. The Bertz CT molecular complexity index is 888. The van der Waals surface area contributed by atoms with E-state index in [2.05, 4.69) is 20.8 Å². The lowest BCUT2D eigenvalue weighted by Crippen LogP contribution is -2.18. The molecule has 29 heavy (non-hydrogen) atoms. The average Bonchev–Trinajstić information content (AvgIpc) is 2.68. The van der Waals surface area contributed by atoms with E-state index in [9.17, 15) is 20.1 Å². The first kappa shape index (κ1) is 21.4. The van der Waals surface area contributed by atoms with E-state index in [1.54, 1.807) is 6.92 Å². The summed E-state index contributed by atoms with van der Waals surface area (Å²) < 4.78 is 4.76. The summed E-state index contributed by atoms with van der Waals surface area (Å²) in [6, 6.07) is 10.9. The molecular weight excluding hydrogens is 380 g/mol. The second-order valence-electron chi connectivity index (χ2n) is 5.90. The molecule has 0 saturated heterocycles. The van der Waals surface area contributed by atoms with E-state index >= 15 is 0 Å². The number of oxime groups is 1. The summed E-state index contributed by atoms with van der Waals surface area (Å²) in [5.41, 5.74) is 6.71. The molecule has 154 valence electrons. The lowest BCUT2D eigenvalue weighted by Gasteiger charge is -2.12. The second-order valence-corrected chi connectivity index (χ2v) is 5.90. The third-order valence-corrected chi connectivity index (χ3v) is 3.88. The summed E-state index contributed by atoms with van der Waals surface area (Å²) in [5.74, 6) is -0.389. The van der Waals surface area contributed by atoms with Gasteiger partial charge in [0.15, 0.2) is 0 Å². The van der Waals surface area contributed by atoms with Crippen LogP contribution in [0.3, 0.4) is 0 Å². The summed E-state index contributed by atoms with van der Waals surface area (Å²) in [7, 11) is 0. The molecule has 0 radical (unpaired) electrons. The van der Waals surface area contributed by atoms with Crippen molar-refractivity contribution in [2.24, 2.45) is 5.16 Å². The van der Waals surface area contributed by atoms with Crippen LogP contribution in [0.4, 0.5) is 27.8 Å². The van der Waals surface area contributed by atoms with Gasteiger partial charge in [-0.2, -0.15) is 0 Å². The van der Waals surface area contributed by atoms with Gasteiger partial charge < -0.3 is 21.0 Å². The molecule has 1 heterocycles. The Balaban J connectivity index is 2.12. The van der Waals surface area contributed by atoms with Gasteiger partial charge >= 0.3 is 11.8 Å². The SMILES string of the molecule is CCOC(=O)Nc1cc(NCC(CCc2ccccc2)=NO)c([N+](=O)[O-])c(N)n1. The van der Waals surface area contributed by atoms with E-state index in [0.29, 0.717) is 18.6 Å². The minimum Gasteiger partial charge on any atom is -0.450 e. The standard InChI is InChI=1S/C18H22N6O5/c1-2-29-18(25)22-15-10-14(16(24(27)28)17(19)21-15)20-11-13(23-26)9-8-12-6-4-3-5-7-12/h3-7,10,26H,2,8-9,11H2,1H3,(H4,19,20,21,22,25). The van der Waals surface area contributed by atoms with Crippen molar-refractivity contribution >= 4 is 34.8 Å². The van der Waals surface area contributed by atoms with Gasteiger partial charge in [-0.15, -0.1) is 0 Å². The molecule has 5 N–H and O–H groups in total. The first-order valence-electron chi connectivity index (χ1n) is 8.80. The van der Waals surface area contributed by atoms with E-state index < -0.39 is 16.7 Å². The number of nitrogens with zero attached hydrogens (tertiary/aromatic N) is 3. The molecule has 0 aliphatic carbocycles. The summed E-state index contributed by atoms with van der Waals surface area (Å²) in [6.45, 7) is 1.82. The van der Waals surface area contributed by atoms with Gasteiger partial charge in [-0.25, -0.2) is 9.78 Å². The number of ether oxygens (including phenoxy) is 1. The number of hydrogen-bond donors (Lipinski definition) is 4. The smallest absolute Gasteiger partial charge is 0.412 e. The molecule has 11 heteroatoms. The van der Waals surface area contributed by atoms with Crippen LogP contribution in [0.2, 0.25) is 0 Å². The molecule has 1 aromatic heterocycles. The maximum absolute atomic E-state index is 11.6. The predicted molar refractivity (Wildman–Crippen MR) is 108 cm³/mol. The number of nitrogens with one attached hydrogen (secondary N) is 2. The van der Waals surface area contributed by atoms with E-state index in [1.807, 2.05) is 30.3 Å². The van der Waals surface area contributed by atoms with Gasteiger partial charge in [0.1, 0.15) is 11.5 Å². The third-order valence-electron chi connectivity index (χ3n) is 3.88. The molecule has 0 atom stereocenters. The van der Waals surface area contributed by atoms with E-state index in [1.165, 1.54) is 6.07 Å². The number of carbonyl (C=O) groups excluding carboxylic acids is 1. The fourth-order valence-corrected chi connectivity index (χ4v) is 2.52. The maximum atomic E-state index is 11.6. The van der Waals surface area contributed by atoms with Gasteiger partial charge in [-0.1, -0.05) is 35.5 Å². The van der Waals surface area contributed by atoms with Crippen LogP contribution in [0.1, 0.15) is 18.9 Å². The Morgan fingerprint density at radius 1 is 1.38 bits per heavy atom. The largest absolute Gasteiger partial charge is 0.450 e. The summed E-state index contributed by atoms with van der Waals surface area (Å²) in [4.78, 5) is 26.0. The molecule has 0 saturated carbocycles. The topological polar surface area (TPSA) is 165 Å². The van der Waals surface area contributed by atoms with Crippen molar-refractivity contribution in [2.75, 3.05) is 29.5 Å². The Morgan fingerprint density at radius 3 is 2.72 bits per heavy atom. The van der Waals surface area contributed by atoms with Crippen LogP contribution in [0, 0.1) is 10.1 Å². The van der Waals surface area contributed by atoms with Crippen molar-refractivity contribution in [3.8, 4) is 0 Å². The highest BCUT2D eigenvalue weighted by atomic mass is 16.6. The van der Waals surface area contributed by atoms with Crippen molar-refractivity contribution in [3.05, 3.63) is 52.1 Å². The van der Waals surface area contributed by atoms with Gasteiger partial charge in [-0.3, -0.25) is 15.4 Å². The van der Waals surface area contributed by atoms with Crippen molar-refractivity contribution < 1.29 is 19.7 Å². The number of amides is 1. The highest BCUT2D eigenvalue weighted by Crippen LogP contribution is 2.32. The quantitative estimate of drug-likeness (QED) is 0.215. The fourth-order valence-electron chi connectivity index (χ4n) is 2.52. The number of nitrogen functional groups attached to an aromatic ring is 1. The molecule has 11 nitrogen and oxygen atoms in total. The number of nitro groups is 1. The number of aromatic nitrogens is 1. The van der Waals surface area contributed by atoms with Crippen LogP contribution in [-0.4, -0.2) is 40.1 Å². The molecule has 0 aliphatic heterocycles. The minimum atomic E-state index is -0.764. The normalized spacial score (nSPS) is 11.0. The molecule has 1 aromatic carbocycles. The number of hydrogen-bond acceptors (Lipinski definition) is 9. The molecule has 1 amide bonds. The van der Waals surface area contributed by atoms with Crippen molar-refractivity contribution in [3.63, 3.8) is 0 Å². The van der Waals surface area contributed by atoms with Crippen molar-refractivity contribution in [2.45, 2.75) is 19.8 Å². The van der Waals surface area contributed by atoms with Crippen LogP contribution < -0.4 is 16.4 Å². The first-order valence-corrected chi connectivity index (χ1v) is 8.80. The van der Waals surface area contributed by atoms with E-state index in [4.69, 9.17) is 10.5 Å². The van der Waals surface area contributed by atoms with Crippen molar-refractivity contribution in [1.82, 2.24) is 4.98 Å². The number of pyridine rings is 1. The van der Waals surface area contributed by atoms with Gasteiger partial charge in [-0.05, 0) is 25.3 Å². The number of nitrogens with two attached hydrogens (primary N) is 1. The Kier molecular flexibility index (Phi) is 7.71. The fraction of sp³-hybridized carbons (Fsp3) is 0.278. The lowest BCUT2D eigenvalue weighted by molar-refractivity contribution is -0.383. The molecule has 0 spiro atoms. The van der Waals surface area contributed by atoms with Crippen LogP contribution >= 0.6 is 0 Å². The van der Waals surface area contributed by atoms with Crippen molar-refractivity contribution in [1.29, 1.82) is 0 Å². The third kappa shape index (κ3) is 6.34. The lowest BCUT2D eigenvalue weighted by atomic mass is 10.1. The van der Waals surface area contributed by atoms with Crippen LogP contribution in [-0.2, 0) is 11.2 Å². The Hall–Kier alpha value is -3.89. The first-order chi connectivity index (χ1) is 13.9. The molecule has 0 aliphatic rings. The Morgan fingerprint density at radius 2 is 2.10 bits per heavy atom. The maximum Gasteiger partial charge on any atom is 0.412 e. The number of rotatable bonds is 9. The molecule has 0 fully saturated rings. The Labute approximate surface area is 166 Å². The summed E-state index contributed by atoms with van der Waals surface area (Å²) in [5, 5.41) is 29.0. The van der Waals surface area contributed by atoms with Gasteiger partial charge in [0.05, 0.1) is 23.8 Å². The zero-order valence-corrected chi connectivity index (χ0v) is 15.8. The summed E-state index contributed by atoms with van der Waals surface area (Å²) in [6.07, 6.45) is 0.313. The van der Waals surface area contributed by atoms with E-state index in [-0.39, 0.29) is 30.5 Å². The zero-order chi connectivity index (χ0) is 21.2. The number of benzene rings is 1. The molecule has 2 rings (SSSR count). The predicted octanol–water partition coefficient (Wildman–Crippen LogP) is 3.02. The van der Waals surface area contributed by atoms with Crippen LogP contribution in [0.15, 0.2) is 41.6 Å². The molecule has 2 aromatic rings. The van der Waals surface area contributed by atoms with E-state index in [0.717, 1.165) is 5.56 Å². The zero-order valence-electron chi connectivity index (χ0n) is 15.8. The number of aryl methyl sites for hydroxylation is 1. The number of carbonyl (C=O) groups is 1. The van der Waals surface area contributed by atoms with Gasteiger partial charge in [0.2, 0.25) is 5.82 Å². The van der Waals surface area contributed by atoms with Gasteiger partial charge in [0, 0.05) is 6.07 Å².